The van der Waals surface area contributed by atoms with E-state index in [0.29, 0.717) is 0 Å². The second-order valence-electron chi connectivity index (χ2n) is 0.727. The highest BCUT2D eigenvalue weighted by Crippen LogP contribution is 2.00. The smallest absolute Gasteiger partial charge is 0.210 e. The molecule has 0 aromatic heterocycles. The molecule has 0 amide bonds. The van der Waals surface area contributed by atoms with Crippen molar-refractivity contribution in [2.45, 2.75) is 38.7 Å². The van der Waals surface area contributed by atoms with Crippen LogP contribution in [0, 0.1) is 0 Å². The van der Waals surface area contributed by atoms with Crippen LogP contribution in [-0.4, -0.2) is 13.1 Å². The van der Waals surface area contributed by atoms with E-state index in [1.165, 1.54) is 0 Å². The molecule has 0 heterocycles. The summed E-state index contributed by atoms with van der Waals surface area (Å²) in [7, 11) is 0. The van der Waals surface area contributed by atoms with Crippen molar-refractivity contribution in [3.8, 4) is 0 Å². The van der Waals surface area contributed by atoms with Crippen molar-refractivity contribution in [1.82, 2.24) is 0 Å². The number of rotatable bonds is 6. The molecule has 1 N–H and O–H groups in total. The zero-order valence-electron chi connectivity index (χ0n) is 19.9. The molecule has 0 atom stereocenters. The Morgan fingerprint density at radius 2 is 2.38 bits per heavy atom. The lowest BCUT2D eigenvalue weighted by atomic mass is 10.2. The predicted octanol–water partition coefficient (Wildman–Crippen LogP) is 1.95. The lowest BCUT2D eigenvalue weighted by Gasteiger charge is -1.93. The number of aliphatic hydroxyl groups is 1. The summed E-state index contributed by atoms with van der Waals surface area (Å²) in [6.07, 6.45) is -20.3. The van der Waals surface area contributed by atoms with Crippen LogP contribution in [0.5, 0.6) is 0 Å². The first-order valence-corrected chi connectivity index (χ1v) is 1.70. The second-order valence-corrected chi connectivity index (χ2v) is 0.727. The molecule has 1 heteroatoms. The zero-order chi connectivity index (χ0) is 20.2. The summed E-state index contributed by atoms with van der Waals surface area (Å²) in [5.41, 5.74) is 0. The molecule has 8 heavy (non-hydrogen) atoms. The van der Waals surface area contributed by atoms with Gasteiger partial charge in [-0.05, 0) is 6.37 Å². The van der Waals surface area contributed by atoms with Gasteiger partial charge in [0.05, 0.1) is 2.74 Å². The molecular formula is C7H16O. The third-order valence-corrected chi connectivity index (χ3v) is 0.301. The fourth-order valence-electron chi connectivity index (χ4n) is 0.119. The van der Waals surface area contributed by atoms with Gasteiger partial charge in [0.25, 0.3) is 0 Å². The molecule has 0 unspecified atom stereocenters. The van der Waals surface area contributed by atoms with Crippen molar-refractivity contribution in [3.63, 3.8) is 0 Å². The lowest BCUT2D eigenvalue weighted by molar-refractivity contribution is 0.282. The van der Waals surface area contributed by atoms with Crippen LogP contribution in [0.25, 0.3) is 0 Å². The average molecular weight is 132 g/mol. The van der Waals surface area contributed by atoms with Gasteiger partial charge in [-0.25, -0.2) is 0 Å². The Morgan fingerprint density at radius 3 is 3.12 bits per heavy atom. The minimum atomic E-state index is -4.17. The van der Waals surface area contributed by atoms with E-state index in [4.69, 9.17) is 22.0 Å². The summed E-state index contributed by atoms with van der Waals surface area (Å²) in [5.74, 6) is 0. The van der Waals surface area contributed by atoms with E-state index in [2.05, 4.69) is 5.11 Å². The highest BCUT2D eigenvalue weighted by atomic mass is 16.2. The topological polar surface area (TPSA) is 20.2 Å². The van der Waals surface area contributed by atoms with Crippen molar-refractivity contribution in [3.05, 3.63) is 0 Å². The van der Waals surface area contributed by atoms with Crippen molar-refractivity contribution in [2.75, 3.05) is 6.56 Å². The molecule has 0 bridgehead atoms. The molecule has 0 spiro atoms. The van der Waals surface area contributed by atoms with Crippen LogP contribution in [0.4, 0.5) is 0 Å². The molecule has 0 aliphatic rings. The highest BCUT2D eigenvalue weighted by molar-refractivity contribution is 4.39. The van der Waals surface area contributed by atoms with E-state index >= 15 is 0 Å². The van der Waals surface area contributed by atoms with Crippen LogP contribution >= 0.6 is 0 Å². The molecule has 0 fully saturated rings. The lowest BCUT2D eigenvalue weighted by Crippen LogP contribution is -1.81. The Bertz CT molecular complexity index is 460. The Hall–Kier alpha value is -0.0400. The van der Waals surface area contributed by atoms with Gasteiger partial charge in [0.2, 0.25) is 1.43 Å². The second kappa shape index (κ2) is 6.96. The normalized spacial score (nSPS) is 51.5. The maximum atomic E-state index is 7.58. The van der Waals surface area contributed by atoms with Gasteiger partial charge in [-0.1, -0.05) is 32.3 Å². The molecule has 0 aromatic rings. The molecule has 0 saturated heterocycles. The van der Waals surface area contributed by atoms with Crippen molar-refractivity contribution < 1.29 is 25.7 Å². The quantitative estimate of drug-likeness (QED) is 0.585. The van der Waals surface area contributed by atoms with Crippen LogP contribution in [0.2, 0.25) is 0 Å². The predicted molar refractivity (Wildman–Crippen MR) is 35.8 cm³/mol. The summed E-state index contributed by atoms with van der Waals surface area (Å²) in [6.45, 7) is -7.47. The first kappa shape index (κ1) is 0.731. The standard InChI is InChI=1S/C7H16O/c1-2-3-4-5-6-7-8/h8H,2-7H2,1H3/i1D3,2D2,3D2,4D2,5D2,6D2,7D2,8D. The fraction of sp³-hybridized carbons (Fsp3) is 1.00. The number of hydrogen-bond donors (Lipinski definition) is 1. The monoisotopic (exact) mass is 132 g/mol. The van der Waals surface area contributed by atoms with Gasteiger partial charge >= 0.3 is 0 Å². The van der Waals surface area contributed by atoms with Gasteiger partial charge in [0.15, 0.2) is 0 Å². The fourth-order valence-corrected chi connectivity index (χ4v) is 0.119. The van der Waals surface area contributed by atoms with E-state index in [-0.39, 0.29) is 0 Å². The Labute approximate surface area is 74.3 Å². The van der Waals surface area contributed by atoms with Crippen molar-refractivity contribution in [1.29, 1.82) is 1.43 Å². The van der Waals surface area contributed by atoms with Gasteiger partial charge in [0.1, 0.15) is 0 Å². The average Bonchev–Trinajstić information content (AvgIpc) is 2.36. The van der Waals surface area contributed by atoms with Crippen LogP contribution in [0.3, 0.4) is 0 Å². The van der Waals surface area contributed by atoms with Gasteiger partial charge in [0, 0.05) is 24.4 Å². The van der Waals surface area contributed by atoms with Gasteiger partial charge in [-0.2, -0.15) is 0 Å². The van der Waals surface area contributed by atoms with Gasteiger partial charge < -0.3 is 5.11 Å². The summed E-state index contributed by atoms with van der Waals surface area (Å²) < 4.78 is 117. The maximum absolute atomic E-state index is 7.58. The summed E-state index contributed by atoms with van der Waals surface area (Å²) in [4.78, 5) is 0. The van der Waals surface area contributed by atoms with Gasteiger partial charge in [-0.3, -0.25) is 0 Å². The largest absolute Gasteiger partial charge is 0.396 e. The van der Waals surface area contributed by atoms with Crippen LogP contribution in [0.1, 0.15) is 59.3 Å². The van der Waals surface area contributed by atoms with E-state index < -0.39 is 45.3 Å². The van der Waals surface area contributed by atoms with Crippen molar-refractivity contribution >= 4 is 0 Å². The minimum Gasteiger partial charge on any atom is -0.396 e. The SMILES string of the molecule is [2H]OC([2H])([2H])C([2H])([2H])C([2H])([2H])C([2H])([2H])C([2H])([2H])C([2H])([2H])C([2H])([2H])[2H]. The molecule has 0 rings (SSSR count). The first-order chi connectivity index (χ1) is 10.1. The maximum Gasteiger partial charge on any atom is 0.210 e. The minimum absolute atomic E-state index is 3.42. The van der Waals surface area contributed by atoms with E-state index in [1.54, 1.807) is 0 Å². The highest BCUT2D eigenvalue weighted by Gasteiger charge is 1.84. The van der Waals surface area contributed by atoms with E-state index in [0.717, 1.165) is 0 Å². The Kier molecular flexibility index (Phi) is 0.636. The summed E-state index contributed by atoms with van der Waals surface area (Å²) >= 11 is 0. The molecular weight excluding hydrogens is 100 g/mol. The van der Waals surface area contributed by atoms with E-state index in [1.807, 2.05) is 0 Å². The van der Waals surface area contributed by atoms with E-state index in [9.17, 15) is 0 Å². The summed E-state index contributed by atoms with van der Waals surface area (Å²) in [6, 6.07) is 0. The number of hydrogen-bond acceptors (Lipinski definition) is 1. The van der Waals surface area contributed by atoms with Crippen molar-refractivity contribution in [2.24, 2.45) is 0 Å². The molecule has 1 nitrogen and oxygen atoms in total. The third kappa shape index (κ3) is 5.96. The van der Waals surface area contributed by atoms with Gasteiger partial charge in [-0.15, -0.1) is 0 Å². The Balaban J connectivity index is 6.42. The molecule has 50 valence electrons. The molecule has 0 aromatic carbocycles. The van der Waals surface area contributed by atoms with Crippen LogP contribution < -0.4 is 0 Å². The van der Waals surface area contributed by atoms with Crippen LogP contribution in [-0.2, 0) is 0 Å². The molecule has 0 saturated carbocycles. The first-order valence-electron chi connectivity index (χ1n) is 9.61. The summed E-state index contributed by atoms with van der Waals surface area (Å²) in [5, 5.41) is 3.42. The Morgan fingerprint density at radius 1 is 1.50 bits per heavy atom. The molecule has 0 radical (unpaired) electrons. The third-order valence-electron chi connectivity index (χ3n) is 0.301. The molecule has 0 aliphatic heterocycles. The van der Waals surface area contributed by atoms with Crippen LogP contribution in [0.15, 0.2) is 0 Å². The zero-order valence-corrected chi connectivity index (χ0v) is 3.91. The molecule has 0 aliphatic carbocycles.